The van der Waals surface area contributed by atoms with Gasteiger partial charge in [0.05, 0.1) is 16.8 Å². The predicted molar refractivity (Wildman–Crippen MR) is 74.0 cm³/mol. The van der Waals surface area contributed by atoms with Crippen LogP contribution in [0.1, 0.15) is 38.6 Å². The smallest absolute Gasteiger partial charge is 0.0960 e. The van der Waals surface area contributed by atoms with E-state index in [-0.39, 0.29) is 0 Å². The molecule has 0 aliphatic carbocycles. The fourth-order valence-electron chi connectivity index (χ4n) is 1.97. The molecule has 0 spiro atoms. The Morgan fingerprint density at radius 3 is 2.22 bits per heavy atom. The van der Waals surface area contributed by atoms with Crippen LogP contribution in [0.15, 0.2) is 12.1 Å². The molecule has 0 radical (unpaired) electrons. The van der Waals surface area contributed by atoms with Crippen LogP contribution in [-0.2, 0) is 6.42 Å². The van der Waals surface area contributed by atoms with Crippen molar-refractivity contribution in [3.8, 4) is 0 Å². The van der Waals surface area contributed by atoms with Gasteiger partial charge in [-0.05, 0) is 45.4 Å². The second kappa shape index (κ2) is 5.16. The molecule has 0 aromatic carbocycles. The minimum Gasteiger partial charge on any atom is -0.388 e. The molecule has 96 valence electrons. The van der Waals surface area contributed by atoms with Crippen molar-refractivity contribution < 1.29 is 5.11 Å². The first-order chi connectivity index (χ1) is 8.45. The largest absolute Gasteiger partial charge is 0.388 e. The number of thiazole rings is 1. The average molecular weight is 262 g/mol. The minimum absolute atomic E-state index is 0.504. The second-order valence-corrected chi connectivity index (χ2v) is 5.94. The topological polar surface area (TPSA) is 46.0 Å². The third-order valence-electron chi connectivity index (χ3n) is 2.93. The Morgan fingerprint density at radius 2 is 1.72 bits per heavy atom. The Labute approximate surface area is 112 Å². The van der Waals surface area contributed by atoms with Crippen LogP contribution in [0, 0.1) is 27.7 Å². The van der Waals surface area contributed by atoms with Gasteiger partial charge in [0.1, 0.15) is 0 Å². The second-order valence-electron chi connectivity index (χ2n) is 4.65. The van der Waals surface area contributed by atoms with Crippen LogP contribution >= 0.6 is 11.3 Å². The van der Waals surface area contributed by atoms with Crippen molar-refractivity contribution >= 4 is 11.3 Å². The van der Waals surface area contributed by atoms with E-state index < -0.39 is 6.10 Å². The Kier molecular flexibility index (Phi) is 3.78. The van der Waals surface area contributed by atoms with Gasteiger partial charge in [0.2, 0.25) is 0 Å². The lowest BCUT2D eigenvalue weighted by Gasteiger charge is -2.10. The van der Waals surface area contributed by atoms with Crippen LogP contribution in [-0.4, -0.2) is 15.1 Å². The summed E-state index contributed by atoms with van der Waals surface area (Å²) < 4.78 is 0. The highest BCUT2D eigenvalue weighted by molar-refractivity contribution is 7.11. The Morgan fingerprint density at radius 1 is 1.11 bits per heavy atom. The van der Waals surface area contributed by atoms with Gasteiger partial charge in [-0.1, -0.05) is 0 Å². The van der Waals surface area contributed by atoms with E-state index in [0.29, 0.717) is 6.42 Å². The normalized spacial score (nSPS) is 12.7. The average Bonchev–Trinajstić information content (AvgIpc) is 2.56. The highest BCUT2D eigenvalue weighted by Crippen LogP contribution is 2.24. The highest BCUT2D eigenvalue weighted by atomic mass is 32.1. The quantitative estimate of drug-likeness (QED) is 0.924. The van der Waals surface area contributed by atoms with E-state index in [2.05, 4.69) is 16.9 Å². The molecule has 18 heavy (non-hydrogen) atoms. The molecule has 4 heteroatoms. The number of pyridine rings is 1. The molecular formula is C14H18N2OS. The zero-order valence-electron chi connectivity index (χ0n) is 11.2. The van der Waals surface area contributed by atoms with Gasteiger partial charge in [-0.2, -0.15) is 0 Å². The SMILES string of the molecule is Cc1cc(C(O)Cc2nc(C)c(C)s2)cc(C)n1. The molecule has 2 rings (SSSR count). The van der Waals surface area contributed by atoms with Crippen molar-refractivity contribution in [3.63, 3.8) is 0 Å². The number of hydrogen-bond acceptors (Lipinski definition) is 4. The van der Waals surface area contributed by atoms with Gasteiger partial charge in [-0.3, -0.25) is 4.98 Å². The van der Waals surface area contributed by atoms with Crippen molar-refractivity contribution in [2.45, 2.75) is 40.2 Å². The highest BCUT2D eigenvalue weighted by Gasteiger charge is 2.13. The Balaban J connectivity index is 2.18. The molecule has 0 fully saturated rings. The van der Waals surface area contributed by atoms with Crippen molar-refractivity contribution in [1.82, 2.24) is 9.97 Å². The number of aliphatic hydroxyl groups is 1. The van der Waals surface area contributed by atoms with Gasteiger partial charge in [0.15, 0.2) is 0 Å². The van der Waals surface area contributed by atoms with Crippen molar-refractivity contribution in [1.29, 1.82) is 0 Å². The predicted octanol–water partition coefficient (Wildman–Crippen LogP) is 3.05. The van der Waals surface area contributed by atoms with Crippen LogP contribution in [0.4, 0.5) is 0 Å². The summed E-state index contributed by atoms with van der Waals surface area (Å²) in [4.78, 5) is 10.0. The van der Waals surface area contributed by atoms with Gasteiger partial charge in [-0.25, -0.2) is 4.98 Å². The molecule has 1 atom stereocenters. The molecular weight excluding hydrogens is 244 g/mol. The summed E-state index contributed by atoms with van der Waals surface area (Å²) in [6.45, 7) is 7.95. The summed E-state index contributed by atoms with van der Waals surface area (Å²) in [5, 5.41) is 11.3. The van der Waals surface area contributed by atoms with E-state index >= 15 is 0 Å². The minimum atomic E-state index is -0.504. The van der Waals surface area contributed by atoms with Gasteiger partial charge in [-0.15, -0.1) is 11.3 Å². The van der Waals surface area contributed by atoms with Crippen molar-refractivity contribution in [3.05, 3.63) is 44.7 Å². The summed E-state index contributed by atoms with van der Waals surface area (Å²) in [7, 11) is 0. The van der Waals surface area contributed by atoms with Crippen molar-refractivity contribution in [2.24, 2.45) is 0 Å². The monoisotopic (exact) mass is 262 g/mol. The van der Waals surface area contributed by atoms with Crippen LogP contribution in [0.3, 0.4) is 0 Å². The molecule has 0 amide bonds. The van der Waals surface area contributed by atoms with E-state index in [0.717, 1.165) is 27.7 Å². The molecule has 2 aromatic rings. The molecule has 0 saturated carbocycles. The zero-order valence-corrected chi connectivity index (χ0v) is 12.0. The molecule has 2 aromatic heterocycles. The number of aliphatic hydroxyl groups excluding tert-OH is 1. The van der Waals surface area contributed by atoms with E-state index in [9.17, 15) is 5.11 Å². The maximum Gasteiger partial charge on any atom is 0.0960 e. The molecule has 1 unspecified atom stereocenters. The lowest BCUT2D eigenvalue weighted by molar-refractivity contribution is 0.178. The maximum absolute atomic E-state index is 10.3. The maximum atomic E-state index is 10.3. The summed E-state index contributed by atoms with van der Waals surface area (Å²) in [6, 6.07) is 3.87. The summed E-state index contributed by atoms with van der Waals surface area (Å²) in [5.74, 6) is 0. The molecule has 0 saturated heterocycles. The first-order valence-corrected chi connectivity index (χ1v) is 6.83. The summed E-state index contributed by atoms with van der Waals surface area (Å²) in [5.41, 5.74) is 3.86. The van der Waals surface area contributed by atoms with Crippen LogP contribution in [0.25, 0.3) is 0 Å². The molecule has 0 aliphatic heterocycles. The number of nitrogens with zero attached hydrogens (tertiary/aromatic N) is 2. The van der Waals surface area contributed by atoms with Crippen molar-refractivity contribution in [2.75, 3.05) is 0 Å². The zero-order chi connectivity index (χ0) is 13.3. The third kappa shape index (κ3) is 2.94. The number of aryl methyl sites for hydroxylation is 4. The van der Waals surface area contributed by atoms with Gasteiger partial charge in [0, 0.05) is 22.7 Å². The van der Waals surface area contributed by atoms with E-state index in [1.165, 1.54) is 4.88 Å². The van der Waals surface area contributed by atoms with E-state index in [4.69, 9.17) is 0 Å². The molecule has 0 bridgehead atoms. The fourth-order valence-corrected chi connectivity index (χ4v) is 2.94. The Hall–Kier alpha value is -1.26. The van der Waals surface area contributed by atoms with Crippen LogP contribution < -0.4 is 0 Å². The van der Waals surface area contributed by atoms with Gasteiger partial charge < -0.3 is 5.11 Å². The lowest BCUT2D eigenvalue weighted by Crippen LogP contribution is -2.03. The first kappa shape index (κ1) is 13.2. The number of aromatic nitrogens is 2. The van der Waals surface area contributed by atoms with Gasteiger partial charge in [0.25, 0.3) is 0 Å². The lowest BCUT2D eigenvalue weighted by atomic mass is 10.1. The van der Waals surface area contributed by atoms with Crippen LogP contribution in [0.2, 0.25) is 0 Å². The van der Waals surface area contributed by atoms with E-state index in [1.54, 1.807) is 11.3 Å². The standard InChI is InChI=1S/C14H18N2OS/c1-8-5-12(6-9(2)15-8)13(17)7-14-16-10(3)11(4)18-14/h5-6,13,17H,7H2,1-4H3. The molecule has 1 N–H and O–H groups in total. The van der Waals surface area contributed by atoms with E-state index in [1.807, 2.05) is 32.9 Å². The summed E-state index contributed by atoms with van der Waals surface area (Å²) in [6.07, 6.45) is 0.0674. The first-order valence-electron chi connectivity index (χ1n) is 6.02. The Bertz CT molecular complexity index is 523. The van der Waals surface area contributed by atoms with Gasteiger partial charge >= 0.3 is 0 Å². The van der Waals surface area contributed by atoms with Crippen LogP contribution in [0.5, 0.6) is 0 Å². The number of rotatable bonds is 3. The fraction of sp³-hybridized carbons (Fsp3) is 0.429. The molecule has 3 nitrogen and oxygen atoms in total. The molecule has 0 aliphatic rings. The third-order valence-corrected chi connectivity index (χ3v) is 4.02. The molecule has 2 heterocycles. The summed E-state index contributed by atoms with van der Waals surface area (Å²) >= 11 is 1.66. The number of hydrogen-bond donors (Lipinski definition) is 1.